The molecule has 4 nitrogen and oxygen atoms in total. The van der Waals surface area contributed by atoms with Crippen molar-refractivity contribution in [1.82, 2.24) is 0 Å². The first-order valence-corrected chi connectivity index (χ1v) is 5.81. The van der Waals surface area contributed by atoms with E-state index in [0.717, 1.165) is 25.0 Å². The molecule has 1 aromatic carbocycles. The van der Waals surface area contributed by atoms with E-state index in [9.17, 15) is 13.2 Å². The Hall–Kier alpha value is -1.92. The van der Waals surface area contributed by atoms with Crippen molar-refractivity contribution in [3.05, 3.63) is 29.6 Å². The largest absolute Gasteiger partial charge is 0.409 e. The van der Waals surface area contributed by atoms with Crippen LogP contribution < -0.4 is 11.1 Å². The number of hydrogen-bond donors (Lipinski definition) is 3. The number of benzene rings is 1. The normalized spacial score (nSPS) is 17.3. The summed E-state index contributed by atoms with van der Waals surface area (Å²) in [4.78, 5) is 0. The molecular weight excluding hydrogens is 259 g/mol. The molecule has 0 radical (unpaired) electrons. The van der Waals surface area contributed by atoms with E-state index in [1.807, 2.05) is 0 Å². The smallest absolute Gasteiger partial charge is 0.194 e. The van der Waals surface area contributed by atoms with Gasteiger partial charge in [0.1, 0.15) is 5.84 Å². The van der Waals surface area contributed by atoms with Crippen LogP contribution in [0.15, 0.2) is 17.3 Å². The number of halogens is 3. The quantitative estimate of drug-likeness (QED) is 0.254. The Labute approximate surface area is 108 Å². The van der Waals surface area contributed by atoms with Crippen LogP contribution in [0.25, 0.3) is 0 Å². The predicted octanol–water partition coefficient (Wildman–Crippen LogP) is 2.43. The van der Waals surface area contributed by atoms with E-state index >= 15 is 0 Å². The number of nitrogens with zero attached hydrogens (tertiary/aromatic N) is 1. The second kappa shape index (κ2) is 4.99. The molecule has 1 saturated carbocycles. The standard InChI is InChI=1S/C12H14F3N3O/c13-8-3-7(4-9(14)11(8)15)17-6-12(1-2-12)5-10(16)18-19/h3-4,17,19H,1-2,5-6H2,(H2,16,18). The van der Waals surface area contributed by atoms with Gasteiger partial charge >= 0.3 is 0 Å². The molecule has 0 aliphatic heterocycles. The predicted molar refractivity (Wildman–Crippen MR) is 64.5 cm³/mol. The lowest BCUT2D eigenvalue weighted by Gasteiger charge is -2.16. The third-order valence-corrected chi connectivity index (χ3v) is 3.29. The van der Waals surface area contributed by atoms with Crippen molar-refractivity contribution >= 4 is 11.5 Å². The van der Waals surface area contributed by atoms with Crippen LogP contribution in [0.3, 0.4) is 0 Å². The highest BCUT2D eigenvalue weighted by atomic mass is 19.2. The Morgan fingerprint density at radius 1 is 1.32 bits per heavy atom. The van der Waals surface area contributed by atoms with Gasteiger partial charge in [-0.05, 0) is 18.3 Å². The second-order valence-electron chi connectivity index (χ2n) is 4.88. The fraction of sp³-hybridized carbons (Fsp3) is 0.417. The van der Waals surface area contributed by atoms with E-state index in [2.05, 4.69) is 10.5 Å². The Bertz CT molecular complexity index is 492. The van der Waals surface area contributed by atoms with Crippen molar-refractivity contribution < 1.29 is 18.4 Å². The van der Waals surface area contributed by atoms with Crippen molar-refractivity contribution in [3.63, 3.8) is 0 Å². The van der Waals surface area contributed by atoms with Gasteiger partial charge in [-0.15, -0.1) is 0 Å². The van der Waals surface area contributed by atoms with E-state index in [1.54, 1.807) is 0 Å². The molecule has 0 spiro atoms. The van der Waals surface area contributed by atoms with Crippen LogP contribution in [0.4, 0.5) is 18.9 Å². The second-order valence-corrected chi connectivity index (χ2v) is 4.88. The molecule has 0 heterocycles. The fourth-order valence-electron chi connectivity index (χ4n) is 1.96. The van der Waals surface area contributed by atoms with Crippen molar-refractivity contribution in [2.24, 2.45) is 16.3 Å². The molecule has 104 valence electrons. The molecular formula is C12H14F3N3O. The minimum Gasteiger partial charge on any atom is -0.409 e. The Morgan fingerprint density at radius 3 is 2.37 bits per heavy atom. The Morgan fingerprint density at radius 2 is 1.89 bits per heavy atom. The van der Waals surface area contributed by atoms with Gasteiger partial charge in [0.15, 0.2) is 17.5 Å². The summed E-state index contributed by atoms with van der Waals surface area (Å²) in [5.74, 6) is -3.83. The zero-order valence-corrected chi connectivity index (χ0v) is 10.1. The highest BCUT2D eigenvalue weighted by Gasteiger charge is 2.43. The van der Waals surface area contributed by atoms with Crippen LogP contribution in [0.2, 0.25) is 0 Å². The van der Waals surface area contributed by atoms with Gasteiger partial charge in [-0.1, -0.05) is 5.16 Å². The van der Waals surface area contributed by atoms with E-state index < -0.39 is 17.5 Å². The van der Waals surface area contributed by atoms with Crippen molar-refractivity contribution in [1.29, 1.82) is 0 Å². The van der Waals surface area contributed by atoms with Crippen molar-refractivity contribution in [2.45, 2.75) is 19.3 Å². The maximum absolute atomic E-state index is 13.0. The zero-order valence-electron chi connectivity index (χ0n) is 10.1. The average molecular weight is 273 g/mol. The van der Waals surface area contributed by atoms with Gasteiger partial charge in [0.05, 0.1) is 0 Å². The molecule has 7 heteroatoms. The van der Waals surface area contributed by atoms with Gasteiger partial charge in [-0.3, -0.25) is 0 Å². The Kier molecular flexibility index (Phi) is 3.55. The summed E-state index contributed by atoms with van der Waals surface area (Å²) in [6.45, 7) is 0.424. The molecule has 0 atom stereocenters. The minimum atomic E-state index is -1.48. The van der Waals surface area contributed by atoms with Gasteiger partial charge in [-0.2, -0.15) is 0 Å². The monoisotopic (exact) mass is 273 g/mol. The maximum Gasteiger partial charge on any atom is 0.194 e. The molecule has 0 saturated heterocycles. The number of anilines is 1. The molecule has 0 amide bonds. The van der Waals surface area contributed by atoms with Crippen molar-refractivity contribution in [3.8, 4) is 0 Å². The fourth-order valence-corrected chi connectivity index (χ4v) is 1.96. The average Bonchev–Trinajstić information content (AvgIpc) is 3.13. The Balaban J connectivity index is 2.00. The van der Waals surface area contributed by atoms with Crippen LogP contribution in [-0.2, 0) is 0 Å². The highest BCUT2D eigenvalue weighted by Crippen LogP contribution is 2.48. The topological polar surface area (TPSA) is 70.6 Å². The van der Waals surface area contributed by atoms with Gasteiger partial charge in [0, 0.05) is 30.8 Å². The van der Waals surface area contributed by atoms with Gasteiger partial charge in [-0.25, -0.2) is 13.2 Å². The molecule has 4 N–H and O–H groups in total. The molecule has 19 heavy (non-hydrogen) atoms. The zero-order chi connectivity index (χ0) is 14.0. The van der Waals surface area contributed by atoms with Crippen LogP contribution in [0.5, 0.6) is 0 Å². The molecule has 1 aliphatic rings. The number of oxime groups is 1. The van der Waals surface area contributed by atoms with E-state index in [0.29, 0.717) is 13.0 Å². The van der Waals surface area contributed by atoms with Gasteiger partial charge < -0.3 is 16.3 Å². The summed E-state index contributed by atoms with van der Waals surface area (Å²) in [6, 6.07) is 1.80. The first-order chi connectivity index (χ1) is 8.96. The number of hydrogen-bond acceptors (Lipinski definition) is 3. The van der Waals surface area contributed by atoms with E-state index in [1.165, 1.54) is 0 Å². The molecule has 1 aromatic rings. The lowest BCUT2D eigenvalue weighted by molar-refractivity contribution is 0.315. The van der Waals surface area contributed by atoms with Crippen LogP contribution in [0, 0.1) is 22.9 Å². The first kappa shape index (κ1) is 13.5. The number of amidine groups is 1. The first-order valence-electron chi connectivity index (χ1n) is 5.81. The number of rotatable bonds is 5. The SMILES string of the molecule is NC(CC1(CNc2cc(F)c(F)c(F)c2)CC1)=NO. The lowest BCUT2D eigenvalue weighted by atomic mass is 10.0. The highest BCUT2D eigenvalue weighted by molar-refractivity contribution is 5.80. The van der Waals surface area contributed by atoms with Crippen LogP contribution in [0.1, 0.15) is 19.3 Å². The molecule has 2 rings (SSSR count). The van der Waals surface area contributed by atoms with E-state index in [-0.39, 0.29) is 16.9 Å². The lowest BCUT2D eigenvalue weighted by Crippen LogP contribution is -2.23. The third kappa shape index (κ3) is 3.10. The molecule has 0 aromatic heterocycles. The summed E-state index contributed by atoms with van der Waals surface area (Å²) in [7, 11) is 0. The molecule has 1 aliphatic carbocycles. The molecule has 1 fully saturated rings. The van der Waals surface area contributed by atoms with E-state index in [4.69, 9.17) is 10.9 Å². The summed E-state index contributed by atoms with van der Waals surface area (Å²) < 4.78 is 38.8. The molecule has 0 bridgehead atoms. The van der Waals surface area contributed by atoms with Crippen LogP contribution >= 0.6 is 0 Å². The summed E-state index contributed by atoms with van der Waals surface area (Å²) in [5, 5.41) is 14.3. The minimum absolute atomic E-state index is 0.121. The number of nitrogens with two attached hydrogens (primary N) is 1. The van der Waals surface area contributed by atoms with Crippen molar-refractivity contribution in [2.75, 3.05) is 11.9 Å². The molecule has 0 unspecified atom stereocenters. The third-order valence-electron chi connectivity index (χ3n) is 3.29. The summed E-state index contributed by atoms with van der Waals surface area (Å²) in [5.41, 5.74) is 5.45. The number of nitrogens with one attached hydrogen (secondary N) is 1. The van der Waals surface area contributed by atoms with Gasteiger partial charge in [0.2, 0.25) is 0 Å². The summed E-state index contributed by atoms with van der Waals surface area (Å²) in [6.07, 6.45) is 2.16. The van der Waals surface area contributed by atoms with Crippen LogP contribution in [-0.4, -0.2) is 17.6 Å². The maximum atomic E-state index is 13.0. The summed E-state index contributed by atoms with van der Waals surface area (Å²) >= 11 is 0. The van der Waals surface area contributed by atoms with Gasteiger partial charge in [0.25, 0.3) is 0 Å².